The molecule has 20 heavy (non-hydrogen) atoms. The van der Waals surface area contributed by atoms with Gasteiger partial charge in [-0.3, -0.25) is 9.89 Å². The standard InChI is InChI=1S/C14H18N4OS/c1-11(7-8-12-5-3-2-4-6-12)17-13(19)9-20-14-15-10-16-18-14/h2-6,10-11H,7-9H2,1H3,(H,17,19)(H,15,16,18)/t11-/m1/s1. The van der Waals surface area contributed by atoms with Crippen molar-refractivity contribution in [2.45, 2.75) is 31.0 Å². The fraction of sp³-hybridized carbons (Fsp3) is 0.357. The molecule has 1 aromatic carbocycles. The average Bonchev–Trinajstić information content (AvgIpc) is 2.97. The van der Waals surface area contributed by atoms with Gasteiger partial charge >= 0.3 is 0 Å². The zero-order valence-electron chi connectivity index (χ0n) is 11.4. The fourth-order valence-corrected chi connectivity index (χ4v) is 2.40. The molecule has 0 unspecified atom stereocenters. The minimum absolute atomic E-state index is 0.0203. The van der Waals surface area contributed by atoms with Crippen LogP contribution in [-0.4, -0.2) is 32.9 Å². The van der Waals surface area contributed by atoms with Crippen LogP contribution in [-0.2, 0) is 11.2 Å². The number of hydrogen-bond donors (Lipinski definition) is 2. The molecule has 0 bridgehead atoms. The second kappa shape index (κ2) is 7.69. The maximum absolute atomic E-state index is 11.8. The Hall–Kier alpha value is -1.82. The van der Waals surface area contributed by atoms with Gasteiger partial charge in [0.1, 0.15) is 6.33 Å². The summed E-state index contributed by atoms with van der Waals surface area (Å²) in [5, 5.41) is 10.1. The molecule has 0 radical (unpaired) electrons. The number of carbonyl (C=O) groups excluding carboxylic acids is 1. The number of amides is 1. The molecule has 6 heteroatoms. The summed E-state index contributed by atoms with van der Waals surface area (Å²) >= 11 is 1.35. The van der Waals surface area contributed by atoms with Crippen LogP contribution in [0.5, 0.6) is 0 Å². The number of aromatic nitrogens is 3. The first-order valence-electron chi connectivity index (χ1n) is 6.55. The molecule has 0 aliphatic heterocycles. The highest BCUT2D eigenvalue weighted by Crippen LogP contribution is 2.10. The van der Waals surface area contributed by atoms with Crippen LogP contribution in [0.2, 0.25) is 0 Å². The van der Waals surface area contributed by atoms with Gasteiger partial charge in [-0.25, -0.2) is 4.98 Å². The number of aryl methyl sites for hydroxylation is 1. The van der Waals surface area contributed by atoms with E-state index in [1.165, 1.54) is 23.7 Å². The van der Waals surface area contributed by atoms with Gasteiger partial charge in [0, 0.05) is 6.04 Å². The normalized spacial score (nSPS) is 12.1. The van der Waals surface area contributed by atoms with Gasteiger partial charge in [-0.05, 0) is 25.3 Å². The Bertz CT molecular complexity index is 515. The summed E-state index contributed by atoms with van der Waals surface area (Å²) in [5.74, 6) is 0.372. The van der Waals surface area contributed by atoms with Crippen molar-refractivity contribution in [3.05, 3.63) is 42.2 Å². The first-order chi connectivity index (χ1) is 9.74. The summed E-state index contributed by atoms with van der Waals surface area (Å²) < 4.78 is 0. The summed E-state index contributed by atoms with van der Waals surface area (Å²) in [5.41, 5.74) is 1.30. The lowest BCUT2D eigenvalue weighted by atomic mass is 10.1. The summed E-state index contributed by atoms with van der Waals surface area (Å²) in [4.78, 5) is 15.7. The van der Waals surface area contributed by atoms with E-state index in [2.05, 4.69) is 32.6 Å². The molecule has 1 aromatic heterocycles. The minimum atomic E-state index is 0.0203. The van der Waals surface area contributed by atoms with E-state index in [9.17, 15) is 4.79 Å². The van der Waals surface area contributed by atoms with E-state index in [1.54, 1.807) is 0 Å². The lowest BCUT2D eigenvalue weighted by Crippen LogP contribution is -2.34. The zero-order valence-corrected chi connectivity index (χ0v) is 12.2. The summed E-state index contributed by atoms with van der Waals surface area (Å²) in [7, 11) is 0. The van der Waals surface area contributed by atoms with Crippen molar-refractivity contribution in [2.75, 3.05) is 5.75 Å². The Kier molecular flexibility index (Phi) is 5.61. The first-order valence-corrected chi connectivity index (χ1v) is 7.54. The molecule has 0 fully saturated rings. The Morgan fingerprint density at radius 1 is 1.40 bits per heavy atom. The minimum Gasteiger partial charge on any atom is -0.353 e. The first kappa shape index (κ1) is 14.6. The van der Waals surface area contributed by atoms with Gasteiger partial charge in [-0.1, -0.05) is 42.1 Å². The van der Waals surface area contributed by atoms with Crippen molar-refractivity contribution < 1.29 is 4.79 Å². The predicted molar refractivity (Wildman–Crippen MR) is 79.5 cm³/mol. The van der Waals surface area contributed by atoms with Gasteiger partial charge in [0.2, 0.25) is 5.91 Å². The molecule has 5 nitrogen and oxygen atoms in total. The summed E-state index contributed by atoms with van der Waals surface area (Å²) in [6, 6.07) is 10.5. The van der Waals surface area contributed by atoms with Crippen LogP contribution < -0.4 is 5.32 Å². The second-order valence-corrected chi connectivity index (χ2v) is 5.54. The third-order valence-electron chi connectivity index (χ3n) is 2.85. The molecular weight excluding hydrogens is 272 g/mol. The molecule has 1 atom stereocenters. The van der Waals surface area contributed by atoms with Crippen molar-refractivity contribution >= 4 is 17.7 Å². The molecule has 1 heterocycles. The summed E-state index contributed by atoms with van der Waals surface area (Å²) in [6.45, 7) is 2.03. The van der Waals surface area contributed by atoms with Gasteiger partial charge < -0.3 is 5.32 Å². The predicted octanol–water partition coefficient (Wildman–Crippen LogP) is 2.03. The average molecular weight is 290 g/mol. The van der Waals surface area contributed by atoms with E-state index in [-0.39, 0.29) is 11.9 Å². The number of aromatic amines is 1. The van der Waals surface area contributed by atoms with Crippen LogP contribution in [0.1, 0.15) is 18.9 Å². The Morgan fingerprint density at radius 3 is 2.90 bits per heavy atom. The van der Waals surface area contributed by atoms with E-state index in [4.69, 9.17) is 0 Å². The van der Waals surface area contributed by atoms with E-state index < -0.39 is 0 Å². The van der Waals surface area contributed by atoms with Gasteiger partial charge in [0.25, 0.3) is 0 Å². The van der Waals surface area contributed by atoms with E-state index in [1.807, 2.05) is 25.1 Å². The lowest BCUT2D eigenvalue weighted by Gasteiger charge is -2.13. The highest BCUT2D eigenvalue weighted by molar-refractivity contribution is 7.99. The number of rotatable bonds is 7. The number of benzene rings is 1. The van der Waals surface area contributed by atoms with Crippen molar-refractivity contribution in [2.24, 2.45) is 0 Å². The van der Waals surface area contributed by atoms with Crippen LogP contribution >= 0.6 is 11.8 Å². The summed E-state index contributed by atoms with van der Waals surface area (Å²) in [6.07, 6.45) is 3.34. The largest absolute Gasteiger partial charge is 0.353 e. The molecule has 0 spiro atoms. The molecule has 106 valence electrons. The molecule has 0 aliphatic carbocycles. The molecule has 2 rings (SSSR count). The van der Waals surface area contributed by atoms with Gasteiger partial charge in [0.05, 0.1) is 5.75 Å². The van der Waals surface area contributed by atoms with Crippen LogP contribution in [0.25, 0.3) is 0 Å². The lowest BCUT2D eigenvalue weighted by molar-refractivity contribution is -0.119. The van der Waals surface area contributed by atoms with Crippen LogP contribution in [0.3, 0.4) is 0 Å². The van der Waals surface area contributed by atoms with Gasteiger partial charge in [-0.2, -0.15) is 5.10 Å². The smallest absolute Gasteiger partial charge is 0.230 e. The zero-order chi connectivity index (χ0) is 14.2. The van der Waals surface area contributed by atoms with Crippen molar-refractivity contribution in [3.8, 4) is 0 Å². The second-order valence-electron chi connectivity index (χ2n) is 4.57. The maximum Gasteiger partial charge on any atom is 0.230 e. The monoisotopic (exact) mass is 290 g/mol. The van der Waals surface area contributed by atoms with E-state index in [0.29, 0.717) is 10.9 Å². The molecular formula is C14H18N4OS. The van der Waals surface area contributed by atoms with E-state index >= 15 is 0 Å². The van der Waals surface area contributed by atoms with Gasteiger partial charge in [-0.15, -0.1) is 0 Å². The molecule has 2 N–H and O–H groups in total. The topological polar surface area (TPSA) is 70.7 Å². The number of carbonyl (C=O) groups is 1. The quantitative estimate of drug-likeness (QED) is 0.766. The Balaban J connectivity index is 1.66. The third-order valence-corrected chi connectivity index (χ3v) is 3.73. The number of nitrogens with one attached hydrogen (secondary N) is 2. The van der Waals surface area contributed by atoms with Crippen LogP contribution in [0, 0.1) is 0 Å². The van der Waals surface area contributed by atoms with Crippen molar-refractivity contribution in [3.63, 3.8) is 0 Å². The third kappa shape index (κ3) is 5.05. The van der Waals surface area contributed by atoms with Crippen molar-refractivity contribution in [1.29, 1.82) is 0 Å². The van der Waals surface area contributed by atoms with Crippen LogP contribution in [0.15, 0.2) is 41.8 Å². The fourth-order valence-electron chi connectivity index (χ4n) is 1.81. The molecule has 1 amide bonds. The van der Waals surface area contributed by atoms with Gasteiger partial charge in [0.15, 0.2) is 5.16 Å². The maximum atomic E-state index is 11.8. The van der Waals surface area contributed by atoms with Crippen LogP contribution in [0.4, 0.5) is 0 Å². The highest BCUT2D eigenvalue weighted by Gasteiger charge is 2.09. The molecule has 2 aromatic rings. The molecule has 0 saturated heterocycles. The number of H-pyrrole nitrogens is 1. The number of hydrogen-bond acceptors (Lipinski definition) is 4. The molecule has 0 aliphatic rings. The molecule has 0 saturated carbocycles. The van der Waals surface area contributed by atoms with Crippen molar-refractivity contribution in [1.82, 2.24) is 20.5 Å². The number of thioether (sulfide) groups is 1. The SMILES string of the molecule is C[C@H](CCc1ccccc1)NC(=O)CSc1ncn[nH]1. The van der Waals surface area contributed by atoms with E-state index in [0.717, 1.165) is 12.8 Å². The Morgan fingerprint density at radius 2 is 2.20 bits per heavy atom. The highest BCUT2D eigenvalue weighted by atomic mass is 32.2. The Labute approximate surface area is 122 Å². The number of nitrogens with zero attached hydrogens (tertiary/aromatic N) is 2.